The van der Waals surface area contributed by atoms with Crippen molar-refractivity contribution < 1.29 is 18.0 Å². The van der Waals surface area contributed by atoms with Crippen LogP contribution in [0.2, 0.25) is 0 Å². The Morgan fingerprint density at radius 1 is 0.929 bits per heavy atom. The molecule has 3 rings (SSSR count). The number of likely N-dealkylation sites (tertiary alicyclic amines) is 1. The number of carbonyl (C=O) groups excluding carboxylic acids is 2. The Hall–Kier alpha value is -1.93. The maximum absolute atomic E-state index is 13.0. The zero-order chi connectivity index (χ0) is 20.0. The monoisotopic (exact) mass is 407 g/mol. The molecule has 0 aromatic heterocycles. The van der Waals surface area contributed by atoms with E-state index in [0.717, 1.165) is 44.9 Å². The van der Waals surface area contributed by atoms with Gasteiger partial charge in [-0.1, -0.05) is 31.4 Å². The molecule has 2 aliphatic heterocycles. The van der Waals surface area contributed by atoms with Crippen LogP contribution in [-0.2, 0) is 19.6 Å². The Kier molecular flexibility index (Phi) is 7.07. The van der Waals surface area contributed by atoms with Gasteiger partial charge in [0, 0.05) is 26.1 Å². The van der Waals surface area contributed by atoms with Crippen molar-refractivity contribution in [2.24, 2.45) is 0 Å². The van der Waals surface area contributed by atoms with Crippen molar-refractivity contribution in [3.63, 3.8) is 0 Å². The molecular formula is C20H29N3O4S. The van der Waals surface area contributed by atoms with Gasteiger partial charge in [-0.05, 0) is 37.8 Å². The first-order valence-corrected chi connectivity index (χ1v) is 11.6. The molecule has 1 N–H and O–H groups in total. The van der Waals surface area contributed by atoms with E-state index in [4.69, 9.17) is 0 Å². The van der Waals surface area contributed by atoms with E-state index < -0.39 is 10.0 Å². The first-order valence-electron chi connectivity index (χ1n) is 10.2. The Labute approximate surface area is 167 Å². The van der Waals surface area contributed by atoms with Crippen LogP contribution in [0.3, 0.4) is 0 Å². The zero-order valence-corrected chi connectivity index (χ0v) is 17.0. The minimum absolute atomic E-state index is 0.0101. The van der Waals surface area contributed by atoms with Gasteiger partial charge in [0.25, 0.3) is 0 Å². The quantitative estimate of drug-likeness (QED) is 0.813. The smallest absolute Gasteiger partial charge is 0.245 e. The number of amides is 2. The summed E-state index contributed by atoms with van der Waals surface area (Å²) >= 11 is 0. The number of piperidine rings is 1. The van der Waals surface area contributed by atoms with E-state index in [2.05, 4.69) is 5.32 Å². The molecule has 0 bridgehead atoms. The lowest BCUT2D eigenvalue weighted by molar-refractivity contribution is -0.135. The topological polar surface area (TPSA) is 86.8 Å². The number of sulfonamides is 1. The van der Waals surface area contributed by atoms with Gasteiger partial charge < -0.3 is 10.2 Å². The van der Waals surface area contributed by atoms with Gasteiger partial charge in [-0.25, -0.2) is 8.42 Å². The molecule has 0 saturated carbocycles. The highest BCUT2D eigenvalue weighted by molar-refractivity contribution is 7.89. The molecule has 2 fully saturated rings. The molecule has 2 aliphatic rings. The average molecular weight is 408 g/mol. The summed E-state index contributed by atoms with van der Waals surface area (Å²) in [6.45, 7) is 1.54. The molecular weight excluding hydrogens is 378 g/mol. The molecule has 28 heavy (non-hydrogen) atoms. The summed E-state index contributed by atoms with van der Waals surface area (Å²) < 4.78 is 27.5. The van der Waals surface area contributed by atoms with Crippen molar-refractivity contribution in [2.45, 2.75) is 56.3 Å². The maximum atomic E-state index is 13.0. The second kappa shape index (κ2) is 9.52. The van der Waals surface area contributed by atoms with Crippen molar-refractivity contribution in [3.8, 4) is 0 Å². The number of benzene rings is 1. The SMILES string of the molecule is O=C(CN1CCCCCCC1=O)Nc1ccccc1S(=O)(=O)N1CCCCC1. The normalized spacial score (nSPS) is 19.7. The number of nitrogens with one attached hydrogen (secondary N) is 1. The lowest BCUT2D eigenvalue weighted by Crippen LogP contribution is -2.39. The molecule has 154 valence electrons. The molecule has 2 heterocycles. The van der Waals surface area contributed by atoms with Crippen LogP contribution in [0.5, 0.6) is 0 Å². The third-order valence-electron chi connectivity index (χ3n) is 5.35. The van der Waals surface area contributed by atoms with Gasteiger partial charge in [0.1, 0.15) is 4.90 Å². The molecule has 0 radical (unpaired) electrons. The standard InChI is InChI=1S/C20H29N3O4S/c24-19(16-22-13-7-2-1-4-12-20(22)25)21-17-10-5-6-11-18(17)28(26,27)23-14-8-3-9-15-23/h5-6,10-11H,1-4,7-9,12-16H2,(H,21,24). The number of anilines is 1. The molecule has 0 unspecified atom stereocenters. The lowest BCUT2D eigenvalue weighted by Gasteiger charge is -2.27. The molecule has 0 spiro atoms. The van der Waals surface area contributed by atoms with Crippen LogP contribution in [0, 0.1) is 0 Å². The summed E-state index contributed by atoms with van der Waals surface area (Å²) in [5.41, 5.74) is 0.276. The highest BCUT2D eigenvalue weighted by Crippen LogP contribution is 2.26. The number of hydrogen-bond donors (Lipinski definition) is 1. The van der Waals surface area contributed by atoms with Crippen LogP contribution in [0.4, 0.5) is 5.69 Å². The lowest BCUT2D eigenvalue weighted by atomic mass is 10.1. The van der Waals surface area contributed by atoms with Gasteiger partial charge >= 0.3 is 0 Å². The Balaban J connectivity index is 1.72. The summed E-state index contributed by atoms with van der Waals surface area (Å²) in [5, 5.41) is 2.72. The van der Waals surface area contributed by atoms with Crippen LogP contribution in [0.1, 0.15) is 51.4 Å². The molecule has 2 amide bonds. The van der Waals surface area contributed by atoms with Gasteiger partial charge in [-0.2, -0.15) is 4.31 Å². The number of nitrogens with zero attached hydrogens (tertiary/aromatic N) is 2. The van der Waals surface area contributed by atoms with Crippen LogP contribution in [-0.4, -0.2) is 55.6 Å². The number of hydrogen-bond acceptors (Lipinski definition) is 4. The number of para-hydroxylation sites is 1. The highest BCUT2D eigenvalue weighted by Gasteiger charge is 2.28. The predicted octanol–water partition coefficient (Wildman–Crippen LogP) is 2.59. The summed E-state index contributed by atoms with van der Waals surface area (Å²) in [5.74, 6) is -0.376. The molecule has 1 aromatic carbocycles. The van der Waals surface area contributed by atoms with E-state index in [1.807, 2.05) is 0 Å². The van der Waals surface area contributed by atoms with Crippen LogP contribution >= 0.6 is 0 Å². The fourth-order valence-electron chi connectivity index (χ4n) is 3.78. The van der Waals surface area contributed by atoms with Gasteiger partial charge in [0.2, 0.25) is 21.8 Å². The third-order valence-corrected chi connectivity index (χ3v) is 7.31. The van der Waals surface area contributed by atoms with Crippen LogP contribution in [0.15, 0.2) is 29.2 Å². The fourth-order valence-corrected chi connectivity index (χ4v) is 5.45. The van der Waals surface area contributed by atoms with Crippen molar-refractivity contribution in [1.29, 1.82) is 0 Å². The summed E-state index contributed by atoms with van der Waals surface area (Å²) in [6, 6.07) is 6.49. The van der Waals surface area contributed by atoms with E-state index in [0.29, 0.717) is 26.1 Å². The predicted molar refractivity (Wildman–Crippen MR) is 107 cm³/mol. The van der Waals surface area contributed by atoms with Crippen LogP contribution < -0.4 is 5.32 Å². The zero-order valence-electron chi connectivity index (χ0n) is 16.2. The second-order valence-electron chi connectivity index (χ2n) is 7.49. The number of rotatable bonds is 5. The van der Waals surface area contributed by atoms with Gasteiger partial charge in [-0.3, -0.25) is 9.59 Å². The maximum Gasteiger partial charge on any atom is 0.245 e. The molecule has 1 aromatic rings. The van der Waals surface area contributed by atoms with Gasteiger partial charge in [0.05, 0.1) is 12.2 Å². The summed E-state index contributed by atoms with van der Waals surface area (Å²) in [4.78, 5) is 26.5. The second-order valence-corrected chi connectivity index (χ2v) is 9.39. The largest absolute Gasteiger partial charge is 0.333 e. The van der Waals surface area contributed by atoms with E-state index in [1.54, 1.807) is 23.1 Å². The van der Waals surface area contributed by atoms with Gasteiger partial charge in [-0.15, -0.1) is 0 Å². The van der Waals surface area contributed by atoms with Crippen molar-refractivity contribution >= 4 is 27.5 Å². The molecule has 8 heteroatoms. The fraction of sp³-hybridized carbons (Fsp3) is 0.600. The Morgan fingerprint density at radius 2 is 1.57 bits per heavy atom. The molecule has 0 aliphatic carbocycles. The van der Waals surface area contributed by atoms with E-state index >= 15 is 0 Å². The average Bonchev–Trinajstić information content (AvgIpc) is 2.69. The summed E-state index contributed by atoms with van der Waals surface area (Å²) in [7, 11) is -3.65. The van der Waals surface area contributed by atoms with Gasteiger partial charge in [0.15, 0.2) is 0 Å². The first kappa shape index (κ1) is 20.8. The van der Waals surface area contributed by atoms with E-state index in [-0.39, 0.29) is 28.9 Å². The summed E-state index contributed by atoms with van der Waals surface area (Å²) in [6.07, 6.45) is 7.06. The Bertz CT molecular complexity index is 803. The minimum Gasteiger partial charge on any atom is -0.333 e. The molecule has 0 atom stereocenters. The minimum atomic E-state index is -3.65. The highest BCUT2D eigenvalue weighted by atomic mass is 32.2. The molecule has 7 nitrogen and oxygen atoms in total. The molecule has 2 saturated heterocycles. The third kappa shape index (κ3) is 5.11. The van der Waals surface area contributed by atoms with Crippen molar-refractivity contribution in [2.75, 3.05) is 31.5 Å². The van der Waals surface area contributed by atoms with Crippen LogP contribution in [0.25, 0.3) is 0 Å². The van der Waals surface area contributed by atoms with Crippen molar-refractivity contribution in [1.82, 2.24) is 9.21 Å². The van der Waals surface area contributed by atoms with E-state index in [9.17, 15) is 18.0 Å². The van der Waals surface area contributed by atoms with E-state index in [1.165, 1.54) is 10.4 Å². The first-order chi connectivity index (χ1) is 13.5. The number of carbonyl (C=O) groups is 2. The Morgan fingerprint density at radius 3 is 2.36 bits per heavy atom. The van der Waals surface area contributed by atoms with Crippen molar-refractivity contribution in [3.05, 3.63) is 24.3 Å².